The van der Waals surface area contributed by atoms with E-state index in [0.717, 1.165) is 5.56 Å². The predicted octanol–water partition coefficient (Wildman–Crippen LogP) is 1.55. The van der Waals surface area contributed by atoms with Crippen LogP contribution >= 0.6 is 0 Å². The molecule has 0 aliphatic heterocycles. The summed E-state index contributed by atoms with van der Waals surface area (Å²) in [6.07, 6.45) is 0. The lowest BCUT2D eigenvalue weighted by Crippen LogP contribution is -1.88. The van der Waals surface area contributed by atoms with Gasteiger partial charge in [-0.15, -0.1) is 0 Å². The molecule has 1 N–H and O–H groups in total. The van der Waals surface area contributed by atoms with Crippen molar-refractivity contribution in [3.63, 3.8) is 0 Å². The summed E-state index contributed by atoms with van der Waals surface area (Å²) in [4.78, 5) is 0. The van der Waals surface area contributed by atoms with Gasteiger partial charge >= 0.3 is 0 Å². The molecule has 12 heavy (non-hydrogen) atoms. The maximum Gasteiger partial charge on any atom is 0.160 e. The molecule has 0 fully saturated rings. The van der Waals surface area contributed by atoms with Crippen LogP contribution in [-0.2, 0) is 11.3 Å². The van der Waals surface area contributed by atoms with Crippen LogP contribution in [-0.4, -0.2) is 19.3 Å². The van der Waals surface area contributed by atoms with Crippen molar-refractivity contribution in [1.29, 1.82) is 0 Å². The summed E-state index contributed by atoms with van der Waals surface area (Å²) in [5, 5.41) is 9.34. The van der Waals surface area contributed by atoms with E-state index in [0.29, 0.717) is 12.4 Å². The maximum atomic E-state index is 9.34. The molecule has 0 radical (unpaired) electrons. The third-order valence-electron chi connectivity index (χ3n) is 1.55. The highest BCUT2D eigenvalue weighted by Crippen LogP contribution is 2.26. The Hall–Kier alpha value is -1.22. The van der Waals surface area contributed by atoms with Crippen LogP contribution in [0.4, 0.5) is 0 Å². The fraction of sp³-hybridized carbons (Fsp3) is 0.333. The van der Waals surface area contributed by atoms with Crippen molar-refractivity contribution >= 4 is 0 Å². The first-order valence-corrected chi connectivity index (χ1v) is 3.62. The van der Waals surface area contributed by atoms with Gasteiger partial charge in [-0.1, -0.05) is 6.07 Å². The lowest BCUT2D eigenvalue weighted by atomic mass is 10.2. The van der Waals surface area contributed by atoms with E-state index in [-0.39, 0.29) is 5.75 Å². The minimum absolute atomic E-state index is 0.145. The lowest BCUT2D eigenvalue weighted by molar-refractivity contribution is 0.184. The first kappa shape index (κ1) is 8.87. The maximum absolute atomic E-state index is 9.34. The number of rotatable bonds is 3. The average Bonchev–Trinajstić information content (AvgIpc) is 2.05. The van der Waals surface area contributed by atoms with E-state index >= 15 is 0 Å². The molecule has 0 atom stereocenters. The molecule has 0 bridgehead atoms. The van der Waals surface area contributed by atoms with Gasteiger partial charge in [0.15, 0.2) is 11.5 Å². The predicted molar refractivity (Wildman–Crippen MR) is 45.4 cm³/mol. The van der Waals surface area contributed by atoms with Crippen LogP contribution in [0.3, 0.4) is 0 Å². The quantitative estimate of drug-likeness (QED) is 0.744. The monoisotopic (exact) mass is 168 g/mol. The Morgan fingerprint density at radius 1 is 1.33 bits per heavy atom. The molecule has 0 amide bonds. The number of phenolic OH excluding ortho intramolecular Hbond substituents is 1. The van der Waals surface area contributed by atoms with E-state index < -0.39 is 0 Å². The first-order chi connectivity index (χ1) is 5.77. The number of hydrogen-bond acceptors (Lipinski definition) is 3. The lowest BCUT2D eigenvalue weighted by Gasteiger charge is -2.04. The zero-order valence-corrected chi connectivity index (χ0v) is 7.20. The van der Waals surface area contributed by atoms with Crippen molar-refractivity contribution in [3.05, 3.63) is 23.8 Å². The van der Waals surface area contributed by atoms with E-state index in [9.17, 15) is 5.11 Å². The number of phenols is 1. The number of aromatic hydroxyl groups is 1. The van der Waals surface area contributed by atoms with Crippen LogP contribution < -0.4 is 4.74 Å². The summed E-state index contributed by atoms with van der Waals surface area (Å²) in [7, 11) is 3.13. The smallest absolute Gasteiger partial charge is 0.160 e. The van der Waals surface area contributed by atoms with Crippen LogP contribution in [0.2, 0.25) is 0 Å². The van der Waals surface area contributed by atoms with Crippen molar-refractivity contribution in [2.45, 2.75) is 6.61 Å². The SMILES string of the molecule is COCc1ccc(OC)c(O)c1. The van der Waals surface area contributed by atoms with Gasteiger partial charge in [-0.3, -0.25) is 0 Å². The van der Waals surface area contributed by atoms with Gasteiger partial charge in [0.25, 0.3) is 0 Å². The van der Waals surface area contributed by atoms with E-state index in [1.807, 2.05) is 6.07 Å². The Morgan fingerprint density at radius 2 is 2.08 bits per heavy atom. The highest BCUT2D eigenvalue weighted by atomic mass is 16.5. The topological polar surface area (TPSA) is 38.7 Å². The minimum Gasteiger partial charge on any atom is -0.504 e. The summed E-state index contributed by atoms with van der Waals surface area (Å²) >= 11 is 0. The third kappa shape index (κ3) is 1.89. The van der Waals surface area contributed by atoms with Gasteiger partial charge in [0.1, 0.15) is 0 Å². The second kappa shape index (κ2) is 3.97. The molecule has 0 aliphatic carbocycles. The highest BCUT2D eigenvalue weighted by Gasteiger charge is 2.01. The normalized spacial score (nSPS) is 9.83. The average molecular weight is 168 g/mol. The van der Waals surface area contributed by atoms with Crippen LogP contribution in [0.1, 0.15) is 5.56 Å². The Kier molecular flexibility index (Phi) is 2.94. The van der Waals surface area contributed by atoms with Gasteiger partial charge in [-0.2, -0.15) is 0 Å². The Bertz CT molecular complexity index is 258. The second-order valence-electron chi connectivity index (χ2n) is 2.44. The zero-order valence-electron chi connectivity index (χ0n) is 7.20. The molecule has 3 heteroatoms. The molecule has 1 aromatic carbocycles. The minimum atomic E-state index is 0.145. The van der Waals surface area contributed by atoms with E-state index in [1.54, 1.807) is 19.2 Å². The summed E-state index contributed by atoms with van der Waals surface area (Å²) in [6.45, 7) is 0.498. The van der Waals surface area contributed by atoms with E-state index in [4.69, 9.17) is 9.47 Å². The molecule has 3 nitrogen and oxygen atoms in total. The highest BCUT2D eigenvalue weighted by molar-refractivity contribution is 5.41. The van der Waals surface area contributed by atoms with Crippen molar-refractivity contribution in [1.82, 2.24) is 0 Å². The fourth-order valence-electron chi connectivity index (χ4n) is 0.992. The Balaban J connectivity index is 2.86. The third-order valence-corrected chi connectivity index (χ3v) is 1.55. The molecule has 1 rings (SSSR count). The molecule has 1 aromatic rings. The van der Waals surface area contributed by atoms with Crippen LogP contribution in [0.5, 0.6) is 11.5 Å². The zero-order chi connectivity index (χ0) is 8.97. The number of methoxy groups -OCH3 is 2. The van der Waals surface area contributed by atoms with Gasteiger partial charge < -0.3 is 14.6 Å². The number of ether oxygens (including phenoxy) is 2. The molecule has 0 saturated heterocycles. The van der Waals surface area contributed by atoms with Crippen LogP contribution in [0.25, 0.3) is 0 Å². The van der Waals surface area contributed by atoms with Crippen molar-refractivity contribution in [2.24, 2.45) is 0 Å². The first-order valence-electron chi connectivity index (χ1n) is 3.62. The van der Waals surface area contributed by atoms with Gasteiger partial charge in [0, 0.05) is 7.11 Å². The van der Waals surface area contributed by atoms with Crippen molar-refractivity contribution in [3.8, 4) is 11.5 Å². The fourth-order valence-corrected chi connectivity index (χ4v) is 0.992. The number of hydrogen-bond donors (Lipinski definition) is 1. The second-order valence-corrected chi connectivity index (χ2v) is 2.44. The van der Waals surface area contributed by atoms with Gasteiger partial charge in [-0.25, -0.2) is 0 Å². The Labute approximate surface area is 71.5 Å². The van der Waals surface area contributed by atoms with Gasteiger partial charge in [0.2, 0.25) is 0 Å². The van der Waals surface area contributed by atoms with Gasteiger partial charge in [0.05, 0.1) is 13.7 Å². The van der Waals surface area contributed by atoms with Crippen molar-refractivity contribution < 1.29 is 14.6 Å². The molecule has 0 heterocycles. The largest absolute Gasteiger partial charge is 0.504 e. The Morgan fingerprint density at radius 3 is 2.58 bits per heavy atom. The van der Waals surface area contributed by atoms with Crippen LogP contribution in [0.15, 0.2) is 18.2 Å². The summed E-state index contributed by atoms with van der Waals surface area (Å²) in [5.74, 6) is 0.627. The molecule has 0 aliphatic rings. The summed E-state index contributed by atoms with van der Waals surface area (Å²) in [5.41, 5.74) is 0.927. The summed E-state index contributed by atoms with van der Waals surface area (Å²) in [6, 6.07) is 5.19. The molecular formula is C9H12O3. The van der Waals surface area contributed by atoms with Gasteiger partial charge in [-0.05, 0) is 17.7 Å². The van der Waals surface area contributed by atoms with E-state index in [2.05, 4.69) is 0 Å². The molecule has 0 aromatic heterocycles. The van der Waals surface area contributed by atoms with Crippen molar-refractivity contribution in [2.75, 3.05) is 14.2 Å². The number of benzene rings is 1. The molecule has 66 valence electrons. The molecule has 0 unspecified atom stereocenters. The molecule has 0 spiro atoms. The molecule has 0 saturated carbocycles. The van der Waals surface area contributed by atoms with E-state index in [1.165, 1.54) is 7.11 Å². The van der Waals surface area contributed by atoms with Crippen LogP contribution in [0, 0.1) is 0 Å². The summed E-state index contributed by atoms with van der Waals surface area (Å²) < 4.78 is 9.79. The molecular weight excluding hydrogens is 156 g/mol. The standard InChI is InChI=1S/C9H12O3/c1-11-6-7-3-4-9(12-2)8(10)5-7/h3-5,10H,6H2,1-2H3.